The lowest BCUT2D eigenvalue weighted by atomic mass is 10.1. The molecule has 108 valence electrons. The Labute approximate surface area is 130 Å². The zero-order valence-electron chi connectivity index (χ0n) is 12.2. The van der Waals surface area contributed by atoms with Gasteiger partial charge in [0.1, 0.15) is 5.75 Å². The van der Waals surface area contributed by atoms with Crippen LogP contribution in [0.5, 0.6) is 5.75 Å². The van der Waals surface area contributed by atoms with E-state index in [1.807, 2.05) is 23.9 Å². The van der Waals surface area contributed by atoms with Crippen LogP contribution in [0.4, 0.5) is 0 Å². The van der Waals surface area contributed by atoms with Crippen LogP contribution in [0.25, 0.3) is 0 Å². The van der Waals surface area contributed by atoms with E-state index in [0.717, 1.165) is 23.7 Å². The third-order valence-electron chi connectivity index (χ3n) is 3.20. The molecule has 0 saturated heterocycles. The molecule has 0 aromatic heterocycles. The fourth-order valence-corrected chi connectivity index (χ4v) is 2.94. The highest BCUT2D eigenvalue weighted by Gasteiger charge is 1.98. The minimum absolute atomic E-state index is 0.663. The summed E-state index contributed by atoms with van der Waals surface area (Å²) in [6.45, 7) is 2.87. The third-order valence-corrected chi connectivity index (χ3v) is 4.30. The van der Waals surface area contributed by atoms with Gasteiger partial charge in [-0.1, -0.05) is 24.3 Å². The zero-order chi connectivity index (χ0) is 14.9. The van der Waals surface area contributed by atoms with E-state index in [0.29, 0.717) is 12.2 Å². The van der Waals surface area contributed by atoms with Gasteiger partial charge in [0.05, 0.1) is 18.2 Å². The standard InChI is InChI=1S/C18H19NOS/c1-15-5-2-3-6-17(15)14-21-12-4-11-20-18-9-7-16(13-19)8-10-18/h2-3,5-10H,4,11-12,14H2,1H3. The van der Waals surface area contributed by atoms with Gasteiger partial charge in [0.15, 0.2) is 0 Å². The molecular formula is C18H19NOS. The number of nitrogens with zero attached hydrogens (tertiary/aromatic N) is 1. The summed E-state index contributed by atoms with van der Waals surface area (Å²) < 4.78 is 5.66. The first-order valence-electron chi connectivity index (χ1n) is 7.05. The summed E-state index contributed by atoms with van der Waals surface area (Å²) >= 11 is 1.94. The second-order valence-corrected chi connectivity index (χ2v) is 5.92. The van der Waals surface area contributed by atoms with Crippen molar-refractivity contribution in [2.24, 2.45) is 0 Å². The molecule has 0 heterocycles. The van der Waals surface area contributed by atoms with Crippen LogP contribution in [0.15, 0.2) is 48.5 Å². The quantitative estimate of drug-likeness (QED) is 0.702. The molecule has 0 fully saturated rings. The summed E-state index contributed by atoms with van der Waals surface area (Å²) in [6.07, 6.45) is 1.02. The Morgan fingerprint density at radius 1 is 1.10 bits per heavy atom. The Kier molecular flexibility index (Phi) is 6.18. The molecule has 0 radical (unpaired) electrons. The van der Waals surface area contributed by atoms with E-state index in [2.05, 4.69) is 37.3 Å². The van der Waals surface area contributed by atoms with Gasteiger partial charge in [-0.2, -0.15) is 17.0 Å². The average Bonchev–Trinajstić information content (AvgIpc) is 2.53. The van der Waals surface area contributed by atoms with Gasteiger partial charge in [0.25, 0.3) is 0 Å². The first-order valence-corrected chi connectivity index (χ1v) is 8.20. The van der Waals surface area contributed by atoms with E-state index in [-0.39, 0.29) is 0 Å². The smallest absolute Gasteiger partial charge is 0.119 e. The van der Waals surface area contributed by atoms with Crippen molar-refractivity contribution in [1.82, 2.24) is 0 Å². The number of hydrogen-bond acceptors (Lipinski definition) is 3. The molecule has 0 atom stereocenters. The first kappa shape index (κ1) is 15.5. The van der Waals surface area contributed by atoms with Crippen molar-refractivity contribution in [3.63, 3.8) is 0 Å². The average molecular weight is 297 g/mol. The maximum atomic E-state index is 8.72. The number of rotatable bonds is 7. The maximum Gasteiger partial charge on any atom is 0.119 e. The van der Waals surface area contributed by atoms with Gasteiger partial charge in [-0.05, 0) is 54.5 Å². The van der Waals surface area contributed by atoms with E-state index in [1.54, 1.807) is 12.1 Å². The molecule has 2 aromatic rings. The van der Waals surface area contributed by atoms with Crippen molar-refractivity contribution in [2.45, 2.75) is 19.1 Å². The number of nitriles is 1. The van der Waals surface area contributed by atoms with E-state index in [9.17, 15) is 0 Å². The lowest BCUT2D eigenvalue weighted by molar-refractivity contribution is 0.318. The van der Waals surface area contributed by atoms with Crippen molar-refractivity contribution in [3.05, 3.63) is 65.2 Å². The van der Waals surface area contributed by atoms with E-state index < -0.39 is 0 Å². The van der Waals surface area contributed by atoms with Crippen LogP contribution in [-0.4, -0.2) is 12.4 Å². The van der Waals surface area contributed by atoms with Gasteiger partial charge in [0, 0.05) is 5.75 Å². The van der Waals surface area contributed by atoms with Gasteiger partial charge in [-0.15, -0.1) is 0 Å². The van der Waals surface area contributed by atoms with Crippen LogP contribution in [0.2, 0.25) is 0 Å². The van der Waals surface area contributed by atoms with E-state index in [1.165, 1.54) is 11.1 Å². The Bertz CT molecular complexity index is 601. The van der Waals surface area contributed by atoms with Gasteiger partial charge in [0.2, 0.25) is 0 Å². The lowest BCUT2D eigenvalue weighted by Gasteiger charge is -2.07. The highest BCUT2D eigenvalue weighted by atomic mass is 32.2. The molecule has 0 aliphatic heterocycles. The second kappa shape index (κ2) is 8.39. The van der Waals surface area contributed by atoms with Gasteiger partial charge in [-0.25, -0.2) is 0 Å². The minimum atomic E-state index is 0.663. The summed E-state index contributed by atoms with van der Waals surface area (Å²) in [5, 5.41) is 8.72. The predicted molar refractivity (Wildman–Crippen MR) is 88.6 cm³/mol. The highest BCUT2D eigenvalue weighted by Crippen LogP contribution is 2.17. The second-order valence-electron chi connectivity index (χ2n) is 4.82. The normalized spacial score (nSPS) is 10.1. The summed E-state index contributed by atoms with van der Waals surface area (Å²) in [4.78, 5) is 0. The molecule has 3 heteroatoms. The topological polar surface area (TPSA) is 33.0 Å². The summed E-state index contributed by atoms with van der Waals surface area (Å²) in [7, 11) is 0. The molecule has 0 aliphatic rings. The molecule has 0 spiro atoms. The molecular weight excluding hydrogens is 278 g/mol. The van der Waals surface area contributed by atoms with Crippen LogP contribution in [0, 0.1) is 18.3 Å². The van der Waals surface area contributed by atoms with Crippen LogP contribution < -0.4 is 4.74 Å². The van der Waals surface area contributed by atoms with Gasteiger partial charge < -0.3 is 4.74 Å². The van der Waals surface area contributed by atoms with E-state index >= 15 is 0 Å². The SMILES string of the molecule is Cc1ccccc1CSCCCOc1ccc(C#N)cc1. The molecule has 0 aliphatic carbocycles. The monoisotopic (exact) mass is 297 g/mol. The lowest BCUT2D eigenvalue weighted by Crippen LogP contribution is -1.99. The van der Waals surface area contributed by atoms with Crippen LogP contribution in [0.1, 0.15) is 23.1 Å². The largest absolute Gasteiger partial charge is 0.494 e. The molecule has 0 unspecified atom stereocenters. The fourth-order valence-electron chi connectivity index (χ4n) is 1.93. The Hall–Kier alpha value is -1.92. The molecule has 0 N–H and O–H groups in total. The summed E-state index contributed by atoms with van der Waals surface area (Å²) in [5.41, 5.74) is 3.44. The predicted octanol–water partition coefficient (Wildman–Crippen LogP) is 4.57. The van der Waals surface area contributed by atoms with Crippen molar-refractivity contribution in [2.75, 3.05) is 12.4 Å². The molecule has 2 rings (SSSR count). The first-order chi connectivity index (χ1) is 10.3. The minimum Gasteiger partial charge on any atom is -0.494 e. The Morgan fingerprint density at radius 2 is 1.86 bits per heavy atom. The zero-order valence-corrected chi connectivity index (χ0v) is 13.0. The van der Waals surface area contributed by atoms with Crippen LogP contribution >= 0.6 is 11.8 Å². The molecule has 2 aromatic carbocycles. The van der Waals surface area contributed by atoms with Crippen molar-refractivity contribution >= 4 is 11.8 Å². The Morgan fingerprint density at radius 3 is 2.57 bits per heavy atom. The van der Waals surface area contributed by atoms with Crippen molar-refractivity contribution in [1.29, 1.82) is 5.26 Å². The number of aryl methyl sites for hydroxylation is 1. The van der Waals surface area contributed by atoms with Crippen molar-refractivity contribution < 1.29 is 4.74 Å². The number of ether oxygens (including phenoxy) is 1. The molecule has 0 saturated carbocycles. The molecule has 21 heavy (non-hydrogen) atoms. The highest BCUT2D eigenvalue weighted by molar-refractivity contribution is 7.98. The number of thioether (sulfide) groups is 1. The van der Waals surface area contributed by atoms with Gasteiger partial charge in [-0.3, -0.25) is 0 Å². The molecule has 0 bridgehead atoms. The van der Waals surface area contributed by atoms with Crippen molar-refractivity contribution in [3.8, 4) is 11.8 Å². The number of hydrogen-bond donors (Lipinski definition) is 0. The number of benzene rings is 2. The Balaban J connectivity index is 1.62. The molecule has 2 nitrogen and oxygen atoms in total. The van der Waals surface area contributed by atoms with Crippen LogP contribution in [0.3, 0.4) is 0 Å². The van der Waals surface area contributed by atoms with Crippen LogP contribution in [-0.2, 0) is 5.75 Å². The maximum absolute atomic E-state index is 8.72. The molecule has 0 amide bonds. The third kappa shape index (κ3) is 5.17. The summed E-state index contributed by atoms with van der Waals surface area (Å²) in [6, 6.07) is 17.9. The van der Waals surface area contributed by atoms with Gasteiger partial charge >= 0.3 is 0 Å². The fraction of sp³-hybridized carbons (Fsp3) is 0.278. The van der Waals surface area contributed by atoms with E-state index in [4.69, 9.17) is 10.00 Å². The summed E-state index contributed by atoms with van der Waals surface area (Å²) in [5.74, 6) is 2.98.